The van der Waals surface area contributed by atoms with E-state index < -0.39 is 5.91 Å². The van der Waals surface area contributed by atoms with Crippen LogP contribution in [-0.2, 0) is 11.3 Å². The van der Waals surface area contributed by atoms with Gasteiger partial charge >= 0.3 is 0 Å². The van der Waals surface area contributed by atoms with Gasteiger partial charge in [0.05, 0.1) is 14.2 Å². The molecule has 23 heavy (non-hydrogen) atoms. The van der Waals surface area contributed by atoms with Crippen LogP contribution >= 0.6 is 0 Å². The van der Waals surface area contributed by atoms with Gasteiger partial charge in [-0.25, -0.2) is 4.98 Å². The Morgan fingerprint density at radius 2 is 1.83 bits per heavy atom. The quantitative estimate of drug-likeness (QED) is 0.843. The van der Waals surface area contributed by atoms with Gasteiger partial charge in [0.25, 0.3) is 5.56 Å². The smallest absolute Gasteiger partial charge is 0.255 e. The number of rotatable bonds is 5. The van der Waals surface area contributed by atoms with Gasteiger partial charge in [-0.1, -0.05) is 0 Å². The van der Waals surface area contributed by atoms with Gasteiger partial charge < -0.3 is 20.5 Å². The first kappa shape index (κ1) is 16.3. The van der Waals surface area contributed by atoms with Gasteiger partial charge in [-0.2, -0.15) is 0 Å². The topological polar surface area (TPSA) is 108 Å². The van der Waals surface area contributed by atoms with Crippen molar-refractivity contribution in [1.82, 2.24) is 9.55 Å². The molecular formula is C15H18N4O4. The van der Waals surface area contributed by atoms with Gasteiger partial charge in [-0.05, 0) is 6.92 Å². The van der Waals surface area contributed by atoms with Crippen LogP contribution in [0.5, 0.6) is 11.5 Å². The molecule has 8 heteroatoms. The van der Waals surface area contributed by atoms with Crippen molar-refractivity contribution < 1.29 is 14.3 Å². The number of carbonyl (C=O) groups is 1. The Morgan fingerprint density at radius 3 is 2.35 bits per heavy atom. The molecule has 1 aromatic carbocycles. The van der Waals surface area contributed by atoms with Crippen molar-refractivity contribution in [2.75, 3.05) is 25.3 Å². The van der Waals surface area contributed by atoms with Crippen LogP contribution in [0.25, 0.3) is 0 Å². The number of methoxy groups -OCH3 is 2. The predicted molar refractivity (Wildman–Crippen MR) is 85.8 cm³/mol. The first-order valence-corrected chi connectivity index (χ1v) is 6.80. The van der Waals surface area contributed by atoms with Crippen molar-refractivity contribution >= 4 is 17.5 Å². The minimum Gasteiger partial charge on any atom is -0.497 e. The average Bonchev–Trinajstić information content (AvgIpc) is 2.50. The van der Waals surface area contributed by atoms with E-state index in [9.17, 15) is 9.59 Å². The number of aryl methyl sites for hydroxylation is 1. The van der Waals surface area contributed by atoms with E-state index in [4.69, 9.17) is 15.2 Å². The molecule has 0 atom stereocenters. The molecule has 0 aliphatic heterocycles. The van der Waals surface area contributed by atoms with E-state index in [1.807, 2.05) is 0 Å². The molecule has 2 rings (SSSR count). The number of nitrogens with one attached hydrogen (secondary N) is 1. The lowest BCUT2D eigenvalue weighted by atomic mass is 10.2. The number of hydrogen-bond acceptors (Lipinski definition) is 6. The minimum absolute atomic E-state index is 0.00614. The van der Waals surface area contributed by atoms with Gasteiger partial charge in [0, 0.05) is 35.6 Å². The summed E-state index contributed by atoms with van der Waals surface area (Å²) in [5.41, 5.74) is 6.29. The molecule has 0 unspecified atom stereocenters. The Balaban J connectivity index is 2.19. The number of nitrogens with two attached hydrogens (primary N) is 1. The third-order valence-corrected chi connectivity index (χ3v) is 3.10. The maximum atomic E-state index is 12.1. The summed E-state index contributed by atoms with van der Waals surface area (Å²) in [5, 5.41) is 2.67. The first-order valence-electron chi connectivity index (χ1n) is 6.80. The van der Waals surface area contributed by atoms with E-state index >= 15 is 0 Å². The van der Waals surface area contributed by atoms with Crippen LogP contribution < -0.4 is 26.1 Å². The highest BCUT2D eigenvalue weighted by Crippen LogP contribution is 2.25. The lowest BCUT2D eigenvalue weighted by Gasteiger charge is -2.11. The number of aromatic nitrogens is 2. The van der Waals surface area contributed by atoms with E-state index in [1.54, 1.807) is 25.1 Å². The Morgan fingerprint density at radius 1 is 1.22 bits per heavy atom. The summed E-state index contributed by atoms with van der Waals surface area (Å²) < 4.78 is 11.4. The number of benzene rings is 1. The predicted octanol–water partition coefficient (Wildman–Crippen LogP) is 0.790. The SMILES string of the molecule is COc1cc(NC(=O)Cn2c(N)nc(C)cc2=O)cc(OC)c1. The Labute approximate surface area is 132 Å². The number of hydrogen-bond donors (Lipinski definition) is 2. The van der Waals surface area contributed by atoms with Crippen molar-refractivity contribution in [1.29, 1.82) is 0 Å². The Kier molecular flexibility index (Phi) is 4.85. The highest BCUT2D eigenvalue weighted by Gasteiger charge is 2.11. The zero-order chi connectivity index (χ0) is 17.0. The molecule has 0 aliphatic rings. The van der Waals surface area contributed by atoms with E-state index in [0.717, 1.165) is 4.57 Å². The van der Waals surface area contributed by atoms with Crippen LogP contribution in [0.4, 0.5) is 11.6 Å². The maximum absolute atomic E-state index is 12.1. The second kappa shape index (κ2) is 6.82. The molecule has 3 N–H and O–H groups in total. The van der Waals surface area contributed by atoms with Crippen molar-refractivity contribution in [3.8, 4) is 11.5 Å². The molecule has 0 spiro atoms. The zero-order valence-electron chi connectivity index (χ0n) is 13.1. The van der Waals surface area contributed by atoms with Crippen LogP contribution in [0.2, 0.25) is 0 Å². The van der Waals surface area contributed by atoms with Crippen molar-refractivity contribution in [2.45, 2.75) is 13.5 Å². The number of amides is 1. The third-order valence-electron chi connectivity index (χ3n) is 3.10. The van der Waals surface area contributed by atoms with Crippen LogP contribution in [0.15, 0.2) is 29.1 Å². The molecule has 8 nitrogen and oxygen atoms in total. The fourth-order valence-corrected chi connectivity index (χ4v) is 2.03. The van der Waals surface area contributed by atoms with Crippen LogP contribution in [-0.4, -0.2) is 29.7 Å². The minimum atomic E-state index is -0.417. The molecule has 2 aromatic rings. The standard InChI is InChI=1S/C15H18N4O4/c1-9-4-14(21)19(15(16)17-9)8-13(20)18-10-5-11(22-2)7-12(6-10)23-3/h4-7H,8H2,1-3H3,(H2,16,17)(H,18,20). The van der Waals surface area contributed by atoms with Gasteiger partial charge in [0.1, 0.15) is 18.0 Å². The molecule has 122 valence electrons. The Hall–Kier alpha value is -3.03. The highest BCUT2D eigenvalue weighted by molar-refractivity contribution is 5.91. The summed E-state index contributed by atoms with van der Waals surface area (Å²) in [6, 6.07) is 6.28. The van der Waals surface area contributed by atoms with Crippen LogP contribution in [0, 0.1) is 6.92 Å². The van der Waals surface area contributed by atoms with E-state index in [0.29, 0.717) is 22.9 Å². The summed E-state index contributed by atoms with van der Waals surface area (Å²) in [6.45, 7) is 1.42. The van der Waals surface area contributed by atoms with Crippen molar-refractivity contribution in [3.63, 3.8) is 0 Å². The lowest BCUT2D eigenvalue weighted by Crippen LogP contribution is -2.30. The van der Waals surface area contributed by atoms with Crippen LogP contribution in [0.1, 0.15) is 5.69 Å². The van der Waals surface area contributed by atoms with Gasteiger partial charge in [-0.15, -0.1) is 0 Å². The summed E-state index contributed by atoms with van der Waals surface area (Å²) >= 11 is 0. The number of ether oxygens (including phenoxy) is 2. The van der Waals surface area contributed by atoms with Crippen molar-refractivity contribution in [2.24, 2.45) is 0 Å². The average molecular weight is 318 g/mol. The molecule has 0 radical (unpaired) electrons. The molecule has 1 aromatic heterocycles. The molecule has 0 saturated heterocycles. The number of carbonyl (C=O) groups excluding carboxylic acids is 1. The fraction of sp³-hybridized carbons (Fsp3) is 0.267. The van der Waals surface area contributed by atoms with E-state index in [-0.39, 0.29) is 18.1 Å². The molecule has 0 aliphatic carbocycles. The maximum Gasteiger partial charge on any atom is 0.255 e. The molecule has 0 bridgehead atoms. The second-order valence-corrected chi connectivity index (χ2v) is 4.83. The highest BCUT2D eigenvalue weighted by atomic mass is 16.5. The molecule has 1 heterocycles. The van der Waals surface area contributed by atoms with Crippen molar-refractivity contribution in [3.05, 3.63) is 40.3 Å². The largest absolute Gasteiger partial charge is 0.497 e. The number of nitrogens with zero attached hydrogens (tertiary/aromatic N) is 2. The number of nitrogen functional groups attached to an aromatic ring is 1. The first-order chi connectivity index (χ1) is 10.9. The molecule has 0 saturated carbocycles. The summed E-state index contributed by atoms with van der Waals surface area (Å²) in [6.07, 6.45) is 0. The third kappa shape index (κ3) is 4.00. The monoisotopic (exact) mass is 318 g/mol. The van der Waals surface area contributed by atoms with Gasteiger partial charge in [-0.3, -0.25) is 14.2 Å². The number of anilines is 2. The molecule has 0 fully saturated rings. The summed E-state index contributed by atoms with van der Waals surface area (Å²) in [5.74, 6) is 0.648. The second-order valence-electron chi connectivity index (χ2n) is 4.83. The molecule has 1 amide bonds. The van der Waals surface area contributed by atoms with Gasteiger partial charge in [0.2, 0.25) is 11.9 Å². The fourth-order valence-electron chi connectivity index (χ4n) is 2.03. The van der Waals surface area contributed by atoms with Gasteiger partial charge in [0.15, 0.2) is 0 Å². The van der Waals surface area contributed by atoms with E-state index in [1.165, 1.54) is 20.3 Å². The lowest BCUT2D eigenvalue weighted by molar-refractivity contribution is -0.116. The van der Waals surface area contributed by atoms with Crippen LogP contribution in [0.3, 0.4) is 0 Å². The normalized spacial score (nSPS) is 10.2. The Bertz CT molecular complexity index is 763. The van der Waals surface area contributed by atoms with E-state index in [2.05, 4.69) is 10.3 Å². The zero-order valence-corrected chi connectivity index (χ0v) is 13.1. The summed E-state index contributed by atoms with van der Waals surface area (Å²) in [4.78, 5) is 28.0. The molecular weight excluding hydrogens is 300 g/mol. The summed E-state index contributed by atoms with van der Waals surface area (Å²) in [7, 11) is 3.03.